The fourth-order valence-electron chi connectivity index (χ4n) is 0.910. The Bertz CT molecular complexity index is 316. The van der Waals surface area contributed by atoms with Crippen LogP contribution in [0.2, 0.25) is 0 Å². The van der Waals surface area contributed by atoms with E-state index in [1.54, 1.807) is 13.1 Å². The zero-order chi connectivity index (χ0) is 10.6. The second-order valence-electron chi connectivity index (χ2n) is 3.23. The summed E-state index contributed by atoms with van der Waals surface area (Å²) in [4.78, 5) is 17.1. The largest absolute Gasteiger partial charge is 0.383 e. The smallest absolute Gasteiger partial charge is 0.181 e. The molecule has 0 radical (unpaired) electrons. The van der Waals surface area contributed by atoms with Crippen molar-refractivity contribution in [2.45, 2.75) is 13.0 Å². The minimum absolute atomic E-state index is 0.00389. The van der Waals surface area contributed by atoms with Gasteiger partial charge >= 0.3 is 0 Å². The summed E-state index contributed by atoms with van der Waals surface area (Å²) < 4.78 is 1.53. The summed E-state index contributed by atoms with van der Waals surface area (Å²) in [5.74, 6) is 0.00389. The maximum absolute atomic E-state index is 11.5. The van der Waals surface area contributed by atoms with Crippen LogP contribution in [0.5, 0.6) is 0 Å². The minimum atomic E-state index is -0.298. The van der Waals surface area contributed by atoms with Crippen molar-refractivity contribution in [1.82, 2.24) is 19.7 Å². The fraction of sp³-hybridized carbons (Fsp3) is 0.444. The van der Waals surface area contributed by atoms with Crippen LogP contribution in [0.25, 0.3) is 0 Å². The summed E-state index contributed by atoms with van der Waals surface area (Å²) in [5, 5.41) is 3.90. The third-order valence-corrected chi connectivity index (χ3v) is 1.78. The van der Waals surface area contributed by atoms with Gasteiger partial charge in [-0.1, -0.05) is 0 Å². The van der Waals surface area contributed by atoms with Crippen LogP contribution >= 0.6 is 0 Å². The van der Waals surface area contributed by atoms with Crippen molar-refractivity contribution in [3.8, 4) is 0 Å². The highest BCUT2D eigenvalue weighted by Crippen LogP contribution is 2.04. The quantitative estimate of drug-likeness (QED) is 0.654. The van der Waals surface area contributed by atoms with E-state index in [1.807, 2.05) is 19.0 Å². The maximum Gasteiger partial charge on any atom is 0.181 e. The highest BCUT2D eigenvalue weighted by Gasteiger charge is 2.11. The Morgan fingerprint density at radius 1 is 1.57 bits per heavy atom. The molecule has 0 fully saturated rings. The first-order valence-electron chi connectivity index (χ1n) is 4.34. The molecule has 0 spiro atoms. The van der Waals surface area contributed by atoms with Crippen LogP contribution < -0.4 is 0 Å². The number of rotatable bonds is 4. The predicted octanol–water partition coefficient (Wildman–Crippen LogP) is 0.484. The fourth-order valence-corrected chi connectivity index (χ4v) is 0.910. The number of aromatic nitrogens is 3. The topological polar surface area (TPSA) is 51.0 Å². The van der Waals surface area contributed by atoms with Gasteiger partial charge in [-0.05, 0) is 13.0 Å². The molecule has 0 aromatic carbocycles. The molecule has 1 aromatic rings. The van der Waals surface area contributed by atoms with Crippen molar-refractivity contribution < 1.29 is 4.79 Å². The number of carbonyl (C=O) groups is 1. The van der Waals surface area contributed by atoms with E-state index in [0.29, 0.717) is 0 Å². The van der Waals surface area contributed by atoms with E-state index >= 15 is 0 Å². The Morgan fingerprint density at radius 3 is 2.79 bits per heavy atom. The van der Waals surface area contributed by atoms with E-state index in [9.17, 15) is 4.79 Å². The standard InChI is InChI=1S/C9H14N4O/c1-8(13-7-10-6-11-13)9(14)4-5-12(2)3/h4-8H,1-3H3/b5-4+/t8-/m1/s1. The van der Waals surface area contributed by atoms with Crippen LogP contribution in [0.3, 0.4) is 0 Å². The molecule has 0 saturated carbocycles. The lowest BCUT2D eigenvalue weighted by Gasteiger charge is -2.08. The molecule has 0 N–H and O–H groups in total. The molecule has 0 aliphatic carbocycles. The lowest BCUT2D eigenvalue weighted by Crippen LogP contribution is -2.15. The molecule has 0 saturated heterocycles. The number of hydrogen-bond acceptors (Lipinski definition) is 4. The number of ketones is 1. The van der Waals surface area contributed by atoms with E-state index in [0.717, 1.165) is 0 Å². The average Bonchev–Trinajstić information content (AvgIpc) is 2.65. The van der Waals surface area contributed by atoms with Crippen LogP contribution in [0, 0.1) is 0 Å². The molecule has 1 atom stereocenters. The molecular formula is C9H14N4O. The minimum Gasteiger partial charge on any atom is -0.383 e. The van der Waals surface area contributed by atoms with E-state index in [2.05, 4.69) is 10.1 Å². The predicted molar refractivity (Wildman–Crippen MR) is 52.6 cm³/mol. The van der Waals surface area contributed by atoms with Gasteiger partial charge in [-0.15, -0.1) is 0 Å². The third kappa shape index (κ3) is 2.69. The van der Waals surface area contributed by atoms with Crippen molar-refractivity contribution in [2.24, 2.45) is 0 Å². The van der Waals surface area contributed by atoms with Crippen molar-refractivity contribution in [2.75, 3.05) is 14.1 Å². The Kier molecular flexibility index (Phi) is 3.39. The first kappa shape index (κ1) is 10.4. The van der Waals surface area contributed by atoms with Gasteiger partial charge in [0.15, 0.2) is 5.78 Å². The molecule has 0 aliphatic rings. The van der Waals surface area contributed by atoms with Crippen molar-refractivity contribution in [3.63, 3.8) is 0 Å². The van der Waals surface area contributed by atoms with Gasteiger partial charge in [0.05, 0.1) is 0 Å². The van der Waals surface area contributed by atoms with Crippen molar-refractivity contribution in [3.05, 3.63) is 24.9 Å². The van der Waals surface area contributed by atoms with Gasteiger partial charge in [0.25, 0.3) is 0 Å². The Hall–Kier alpha value is -1.65. The molecular weight excluding hydrogens is 180 g/mol. The van der Waals surface area contributed by atoms with Gasteiger partial charge in [-0.2, -0.15) is 5.10 Å². The zero-order valence-electron chi connectivity index (χ0n) is 8.58. The van der Waals surface area contributed by atoms with Crippen LogP contribution in [0.4, 0.5) is 0 Å². The van der Waals surface area contributed by atoms with Gasteiger partial charge in [-0.25, -0.2) is 9.67 Å². The molecule has 5 nitrogen and oxygen atoms in total. The average molecular weight is 194 g/mol. The van der Waals surface area contributed by atoms with Crippen LogP contribution in [-0.4, -0.2) is 39.5 Å². The highest BCUT2D eigenvalue weighted by molar-refractivity contribution is 5.92. The monoisotopic (exact) mass is 194 g/mol. The highest BCUT2D eigenvalue weighted by atomic mass is 16.1. The summed E-state index contributed by atoms with van der Waals surface area (Å²) >= 11 is 0. The van der Waals surface area contributed by atoms with Crippen LogP contribution in [0.1, 0.15) is 13.0 Å². The van der Waals surface area contributed by atoms with Gasteiger partial charge < -0.3 is 4.90 Å². The summed E-state index contributed by atoms with van der Waals surface area (Å²) in [7, 11) is 3.73. The number of nitrogens with zero attached hydrogens (tertiary/aromatic N) is 4. The Labute approximate surface area is 83.0 Å². The molecule has 14 heavy (non-hydrogen) atoms. The lowest BCUT2D eigenvalue weighted by atomic mass is 10.2. The van der Waals surface area contributed by atoms with Gasteiger partial charge in [0, 0.05) is 20.3 Å². The van der Waals surface area contributed by atoms with E-state index in [1.165, 1.54) is 23.4 Å². The summed E-state index contributed by atoms with van der Waals surface area (Å²) in [6.45, 7) is 1.79. The molecule has 0 unspecified atom stereocenters. The molecule has 5 heteroatoms. The molecule has 76 valence electrons. The number of carbonyl (C=O) groups excluding carboxylic acids is 1. The van der Waals surface area contributed by atoms with Crippen LogP contribution in [-0.2, 0) is 4.79 Å². The summed E-state index contributed by atoms with van der Waals surface area (Å²) in [6, 6.07) is -0.298. The normalized spacial score (nSPS) is 13.1. The van der Waals surface area contributed by atoms with Gasteiger partial charge in [-0.3, -0.25) is 4.79 Å². The summed E-state index contributed by atoms with van der Waals surface area (Å²) in [5.41, 5.74) is 0. The third-order valence-electron chi connectivity index (χ3n) is 1.78. The van der Waals surface area contributed by atoms with Gasteiger partial charge in [0.1, 0.15) is 18.7 Å². The Balaban J connectivity index is 2.62. The first-order chi connectivity index (χ1) is 6.61. The van der Waals surface area contributed by atoms with Gasteiger partial charge in [0.2, 0.25) is 0 Å². The van der Waals surface area contributed by atoms with E-state index < -0.39 is 0 Å². The second kappa shape index (κ2) is 4.55. The Morgan fingerprint density at radius 2 is 2.29 bits per heavy atom. The van der Waals surface area contributed by atoms with Crippen molar-refractivity contribution in [1.29, 1.82) is 0 Å². The number of allylic oxidation sites excluding steroid dienone is 1. The molecule has 1 rings (SSSR count). The summed E-state index contributed by atoms with van der Waals surface area (Å²) in [6.07, 6.45) is 6.20. The molecule has 0 amide bonds. The zero-order valence-corrected chi connectivity index (χ0v) is 8.58. The molecule has 1 heterocycles. The SMILES string of the molecule is C[C@H](C(=O)/C=C/N(C)C)n1cncn1. The lowest BCUT2D eigenvalue weighted by molar-refractivity contribution is -0.117. The van der Waals surface area contributed by atoms with Crippen LogP contribution in [0.15, 0.2) is 24.9 Å². The number of hydrogen-bond donors (Lipinski definition) is 0. The van der Waals surface area contributed by atoms with Crippen molar-refractivity contribution >= 4 is 5.78 Å². The maximum atomic E-state index is 11.5. The molecule has 1 aromatic heterocycles. The molecule has 0 aliphatic heterocycles. The molecule has 0 bridgehead atoms. The van der Waals surface area contributed by atoms with E-state index in [4.69, 9.17) is 0 Å². The van der Waals surface area contributed by atoms with E-state index in [-0.39, 0.29) is 11.8 Å². The second-order valence-corrected chi connectivity index (χ2v) is 3.23. The first-order valence-corrected chi connectivity index (χ1v) is 4.34.